The summed E-state index contributed by atoms with van der Waals surface area (Å²) in [5, 5.41) is 8.37. The Morgan fingerprint density at radius 1 is 0.636 bits per heavy atom. The minimum absolute atomic E-state index is 0.0144. The highest BCUT2D eigenvalue weighted by Crippen LogP contribution is 2.41. The van der Waals surface area contributed by atoms with E-state index in [0.717, 1.165) is 5.56 Å². The Labute approximate surface area is 192 Å². The summed E-state index contributed by atoms with van der Waals surface area (Å²) >= 11 is 0. The van der Waals surface area contributed by atoms with Crippen LogP contribution < -0.4 is 23.1 Å². The van der Waals surface area contributed by atoms with Gasteiger partial charge in [0.1, 0.15) is 4.90 Å². The van der Waals surface area contributed by atoms with Gasteiger partial charge in [-0.05, 0) is 31.2 Å². The molecule has 33 heavy (non-hydrogen) atoms. The van der Waals surface area contributed by atoms with Gasteiger partial charge in [0.2, 0.25) is 5.75 Å². The van der Waals surface area contributed by atoms with Crippen LogP contribution in [0.5, 0.6) is 28.7 Å². The van der Waals surface area contributed by atoms with E-state index in [1.807, 2.05) is 6.92 Å². The fourth-order valence-corrected chi connectivity index (χ4v) is 3.84. The zero-order valence-corrected chi connectivity index (χ0v) is 19.7. The standard InChI is InChI=1S/C23H24N2O7S/c1-15-6-9-18(10-7-15)33(26,27)32-20-12-16(8-11-19(20)28-2)24-25-17-13-21(29-3)23(31-5)22(14-17)30-4/h6-14H,1-5H3/b25-24+. The van der Waals surface area contributed by atoms with Crippen molar-refractivity contribution in [1.82, 2.24) is 0 Å². The van der Waals surface area contributed by atoms with E-state index < -0.39 is 10.1 Å². The number of aryl methyl sites for hydroxylation is 1. The molecule has 0 saturated heterocycles. The van der Waals surface area contributed by atoms with Gasteiger partial charge in [-0.2, -0.15) is 18.6 Å². The Kier molecular flexibility index (Phi) is 7.39. The Bertz CT molecular complexity index is 1230. The molecular weight excluding hydrogens is 448 g/mol. The number of methoxy groups -OCH3 is 4. The van der Waals surface area contributed by atoms with Crippen LogP contribution in [0, 0.1) is 6.92 Å². The van der Waals surface area contributed by atoms with Crippen molar-refractivity contribution < 1.29 is 31.5 Å². The predicted molar refractivity (Wildman–Crippen MR) is 122 cm³/mol. The van der Waals surface area contributed by atoms with E-state index in [4.69, 9.17) is 23.1 Å². The van der Waals surface area contributed by atoms with Crippen LogP contribution in [0.25, 0.3) is 0 Å². The highest BCUT2D eigenvalue weighted by Gasteiger charge is 2.19. The molecule has 3 aromatic carbocycles. The third-order valence-corrected chi connectivity index (χ3v) is 5.84. The van der Waals surface area contributed by atoms with E-state index in [1.165, 1.54) is 46.6 Å². The molecule has 0 saturated carbocycles. The fraction of sp³-hybridized carbons (Fsp3) is 0.217. The summed E-state index contributed by atoms with van der Waals surface area (Å²) in [6.45, 7) is 1.86. The third kappa shape index (κ3) is 5.53. The molecule has 174 valence electrons. The second-order valence-electron chi connectivity index (χ2n) is 6.77. The van der Waals surface area contributed by atoms with E-state index >= 15 is 0 Å². The van der Waals surface area contributed by atoms with Gasteiger partial charge < -0.3 is 23.1 Å². The maximum absolute atomic E-state index is 12.7. The van der Waals surface area contributed by atoms with Gasteiger partial charge in [-0.3, -0.25) is 0 Å². The van der Waals surface area contributed by atoms with Crippen molar-refractivity contribution in [1.29, 1.82) is 0 Å². The van der Waals surface area contributed by atoms with E-state index in [9.17, 15) is 8.42 Å². The monoisotopic (exact) mass is 472 g/mol. The first-order valence-electron chi connectivity index (χ1n) is 9.72. The lowest BCUT2D eigenvalue weighted by atomic mass is 10.2. The molecule has 3 aromatic rings. The first kappa shape index (κ1) is 23.9. The molecular formula is C23H24N2O7S. The Morgan fingerprint density at radius 3 is 1.73 bits per heavy atom. The van der Waals surface area contributed by atoms with Crippen molar-refractivity contribution in [3.05, 3.63) is 60.2 Å². The van der Waals surface area contributed by atoms with Crippen molar-refractivity contribution in [3.8, 4) is 28.7 Å². The summed E-state index contributed by atoms with van der Waals surface area (Å²) in [7, 11) is 1.85. The van der Waals surface area contributed by atoms with Crippen molar-refractivity contribution in [2.24, 2.45) is 10.2 Å². The molecule has 3 rings (SSSR count). The second kappa shape index (κ2) is 10.2. The van der Waals surface area contributed by atoms with Gasteiger partial charge in [-0.15, -0.1) is 0 Å². The highest BCUT2D eigenvalue weighted by molar-refractivity contribution is 7.87. The number of hydrogen-bond donors (Lipinski definition) is 0. The molecule has 0 N–H and O–H groups in total. The predicted octanol–water partition coefficient (Wildman–Crippen LogP) is 5.21. The molecule has 0 atom stereocenters. The molecule has 0 aliphatic heterocycles. The SMILES string of the molecule is COc1ccc(/N=N/c2cc(OC)c(OC)c(OC)c2)cc1OS(=O)(=O)c1ccc(C)cc1. The van der Waals surface area contributed by atoms with E-state index in [-0.39, 0.29) is 16.4 Å². The van der Waals surface area contributed by atoms with Gasteiger partial charge in [-0.25, -0.2) is 0 Å². The molecule has 0 aliphatic rings. The summed E-state index contributed by atoms with van der Waals surface area (Å²) in [5.74, 6) is 1.50. The fourth-order valence-electron chi connectivity index (χ4n) is 2.90. The first-order valence-corrected chi connectivity index (χ1v) is 11.1. The molecule has 0 amide bonds. The molecule has 0 heterocycles. The Balaban J connectivity index is 1.93. The molecule has 0 aromatic heterocycles. The van der Waals surface area contributed by atoms with Gasteiger partial charge in [0.15, 0.2) is 23.0 Å². The molecule has 0 aliphatic carbocycles. The number of azo groups is 1. The zero-order valence-electron chi connectivity index (χ0n) is 18.9. The molecule has 0 unspecified atom stereocenters. The van der Waals surface area contributed by atoms with Crippen molar-refractivity contribution in [2.45, 2.75) is 11.8 Å². The number of rotatable bonds is 9. The molecule has 10 heteroatoms. The average Bonchev–Trinajstić information content (AvgIpc) is 2.82. The first-order chi connectivity index (χ1) is 15.8. The smallest absolute Gasteiger partial charge is 0.339 e. The van der Waals surface area contributed by atoms with Crippen LogP contribution in [0.2, 0.25) is 0 Å². The van der Waals surface area contributed by atoms with Gasteiger partial charge in [0, 0.05) is 18.2 Å². The molecule has 9 nitrogen and oxygen atoms in total. The molecule has 0 fully saturated rings. The molecule has 0 spiro atoms. The minimum atomic E-state index is -4.07. The van der Waals surface area contributed by atoms with Crippen molar-refractivity contribution >= 4 is 21.5 Å². The van der Waals surface area contributed by atoms with Crippen molar-refractivity contribution in [2.75, 3.05) is 28.4 Å². The third-order valence-electron chi connectivity index (χ3n) is 4.59. The van der Waals surface area contributed by atoms with Crippen LogP contribution in [0.15, 0.2) is 69.7 Å². The van der Waals surface area contributed by atoms with Crippen LogP contribution >= 0.6 is 0 Å². The summed E-state index contributed by atoms with van der Waals surface area (Å²) in [6, 6.07) is 14.2. The minimum Gasteiger partial charge on any atom is -0.493 e. The molecule has 0 radical (unpaired) electrons. The summed E-state index contributed by atoms with van der Waals surface area (Å²) < 4.78 is 51.9. The van der Waals surface area contributed by atoms with Crippen LogP contribution in [0.3, 0.4) is 0 Å². The van der Waals surface area contributed by atoms with E-state index in [0.29, 0.717) is 28.6 Å². The van der Waals surface area contributed by atoms with Gasteiger partial charge in [0.25, 0.3) is 0 Å². The van der Waals surface area contributed by atoms with Gasteiger partial charge in [0.05, 0.1) is 39.8 Å². The van der Waals surface area contributed by atoms with Crippen molar-refractivity contribution in [3.63, 3.8) is 0 Å². The Hall–Kier alpha value is -3.79. The number of benzene rings is 3. The maximum atomic E-state index is 12.7. The van der Waals surface area contributed by atoms with Crippen LogP contribution in [0.1, 0.15) is 5.56 Å². The number of ether oxygens (including phenoxy) is 4. The summed E-state index contributed by atoms with van der Waals surface area (Å²) in [5.41, 5.74) is 1.72. The average molecular weight is 473 g/mol. The largest absolute Gasteiger partial charge is 0.493 e. The lowest BCUT2D eigenvalue weighted by Gasteiger charge is -2.12. The quantitative estimate of drug-likeness (QED) is 0.311. The highest BCUT2D eigenvalue weighted by atomic mass is 32.2. The van der Waals surface area contributed by atoms with Crippen LogP contribution in [-0.4, -0.2) is 36.9 Å². The zero-order chi connectivity index (χ0) is 24.0. The van der Waals surface area contributed by atoms with Gasteiger partial charge in [-0.1, -0.05) is 17.7 Å². The van der Waals surface area contributed by atoms with E-state index in [2.05, 4.69) is 10.2 Å². The number of nitrogens with zero attached hydrogens (tertiary/aromatic N) is 2. The number of hydrogen-bond acceptors (Lipinski definition) is 9. The summed E-state index contributed by atoms with van der Waals surface area (Å²) in [4.78, 5) is 0.0274. The van der Waals surface area contributed by atoms with Crippen LogP contribution in [-0.2, 0) is 10.1 Å². The Morgan fingerprint density at radius 2 is 1.18 bits per heavy atom. The second-order valence-corrected chi connectivity index (χ2v) is 8.32. The molecule has 0 bridgehead atoms. The summed E-state index contributed by atoms with van der Waals surface area (Å²) in [6.07, 6.45) is 0. The maximum Gasteiger partial charge on any atom is 0.339 e. The van der Waals surface area contributed by atoms with Gasteiger partial charge >= 0.3 is 10.1 Å². The topological polar surface area (TPSA) is 105 Å². The van der Waals surface area contributed by atoms with Crippen LogP contribution in [0.4, 0.5) is 11.4 Å². The lowest BCUT2D eigenvalue weighted by Crippen LogP contribution is -2.10. The lowest BCUT2D eigenvalue weighted by molar-refractivity contribution is 0.324. The normalized spacial score (nSPS) is 11.3. The van der Waals surface area contributed by atoms with E-state index in [1.54, 1.807) is 36.4 Å².